The third-order valence-electron chi connectivity index (χ3n) is 4.45. The number of aliphatic hydroxyl groups is 3. The molecule has 0 saturated carbocycles. The topological polar surface area (TPSA) is 90.2 Å². The maximum Gasteiger partial charge on any atom is 0.340 e. The first-order chi connectivity index (χ1) is 8.84. The van der Waals surface area contributed by atoms with Gasteiger partial charge in [-0.05, 0) is 33.2 Å². The Balaban J connectivity index is 1.88. The number of aliphatic hydroxyl groups excluding tert-OH is 2. The van der Waals surface area contributed by atoms with Crippen molar-refractivity contribution in [1.29, 1.82) is 0 Å². The van der Waals surface area contributed by atoms with E-state index in [0.717, 1.165) is 25.9 Å². The van der Waals surface area contributed by atoms with Gasteiger partial charge in [0.25, 0.3) is 0 Å². The number of hydrogen-bond donors (Lipinski definition) is 3. The van der Waals surface area contributed by atoms with E-state index in [0.29, 0.717) is 0 Å². The fourth-order valence-corrected chi connectivity index (χ4v) is 2.92. The van der Waals surface area contributed by atoms with Gasteiger partial charge in [-0.2, -0.15) is 0 Å². The number of nitrogens with zero attached hydrogens (tertiary/aromatic N) is 1. The highest BCUT2D eigenvalue weighted by molar-refractivity contribution is 5.79. The second-order valence-corrected chi connectivity index (χ2v) is 5.85. The van der Waals surface area contributed by atoms with Crippen LogP contribution in [0.5, 0.6) is 0 Å². The Hall–Kier alpha value is -0.690. The number of ether oxygens (including phenoxy) is 1. The van der Waals surface area contributed by atoms with Crippen molar-refractivity contribution >= 4 is 5.97 Å². The third-order valence-corrected chi connectivity index (χ3v) is 4.45. The van der Waals surface area contributed by atoms with Crippen LogP contribution in [0.3, 0.4) is 0 Å². The van der Waals surface area contributed by atoms with Crippen LogP contribution in [-0.2, 0) is 9.53 Å². The molecule has 2 aliphatic rings. The number of rotatable bonds is 4. The predicted octanol–water partition coefficient (Wildman–Crippen LogP) is -0.883. The lowest BCUT2D eigenvalue weighted by molar-refractivity contribution is -0.175. The average molecular weight is 273 g/mol. The molecule has 2 aliphatic heterocycles. The second kappa shape index (κ2) is 5.36. The van der Waals surface area contributed by atoms with E-state index < -0.39 is 17.7 Å². The van der Waals surface area contributed by atoms with E-state index in [4.69, 9.17) is 4.74 Å². The van der Waals surface area contributed by atoms with Gasteiger partial charge in [-0.3, -0.25) is 4.90 Å². The first kappa shape index (κ1) is 14.7. The van der Waals surface area contributed by atoms with Crippen LogP contribution in [0.2, 0.25) is 0 Å². The minimum Gasteiger partial charge on any atom is -0.463 e. The zero-order valence-corrected chi connectivity index (χ0v) is 11.5. The van der Waals surface area contributed by atoms with Crippen LogP contribution < -0.4 is 0 Å². The lowest BCUT2D eigenvalue weighted by Gasteiger charge is -2.27. The van der Waals surface area contributed by atoms with Crippen LogP contribution in [0.4, 0.5) is 0 Å². The first-order valence-corrected chi connectivity index (χ1v) is 6.84. The molecule has 0 spiro atoms. The van der Waals surface area contributed by atoms with Crippen LogP contribution >= 0.6 is 0 Å². The maximum absolute atomic E-state index is 11.7. The average Bonchev–Trinajstić information content (AvgIpc) is 2.90. The van der Waals surface area contributed by atoms with Crippen molar-refractivity contribution in [3.63, 3.8) is 0 Å². The molecular formula is C13H23NO5. The first-order valence-electron chi connectivity index (χ1n) is 6.84. The molecule has 1 unspecified atom stereocenters. The summed E-state index contributed by atoms with van der Waals surface area (Å²) in [6, 6.07) is 0.0595. The van der Waals surface area contributed by atoms with Crippen molar-refractivity contribution < 1.29 is 24.9 Å². The van der Waals surface area contributed by atoms with E-state index >= 15 is 0 Å². The zero-order chi connectivity index (χ0) is 14.2. The molecule has 0 amide bonds. The minimum atomic E-state index is -1.88. The molecule has 3 N–H and O–H groups in total. The summed E-state index contributed by atoms with van der Waals surface area (Å²) in [6.07, 6.45) is 0.104. The SMILES string of the molecule is C[C@@H](O)[C@](C)(O)C(=O)OC[C@H]1CCN2CC[C@@H](O)C12. The standard InChI is InChI=1S/C13H23NO5/c1-8(15)13(2,18)12(17)19-7-9-3-5-14-6-4-10(16)11(9)14/h8-11,15-16,18H,3-7H2,1-2H3/t8-,9-,10-,11?,13+/m1/s1. The lowest BCUT2D eigenvalue weighted by Crippen LogP contribution is -2.47. The molecule has 2 rings (SSSR count). The van der Waals surface area contributed by atoms with E-state index in [-0.39, 0.29) is 24.7 Å². The van der Waals surface area contributed by atoms with Gasteiger partial charge in [0.15, 0.2) is 5.60 Å². The second-order valence-electron chi connectivity index (χ2n) is 5.85. The number of esters is 1. The highest BCUT2D eigenvalue weighted by Gasteiger charge is 2.44. The monoisotopic (exact) mass is 273 g/mol. The molecule has 6 heteroatoms. The number of hydrogen-bond acceptors (Lipinski definition) is 6. The van der Waals surface area contributed by atoms with Crippen molar-refractivity contribution in [2.24, 2.45) is 5.92 Å². The fourth-order valence-electron chi connectivity index (χ4n) is 2.92. The van der Waals surface area contributed by atoms with Crippen molar-refractivity contribution in [1.82, 2.24) is 4.90 Å². The summed E-state index contributed by atoms with van der Waals surface area (Å²) in [4.78, 5) is 13.9. The third kappa shape index (κ3) is 2.76. The Morgan fingerprint density at radius 3 is 2.74 bits per heavy atom. The van der Waals surface area contributed by atoms with Gasteiger partial charge in [0.1, 0.15) is 0 Å². The molecule has 2 heterocycles. The molecule has 110 valence electrons. The van der Waals surface area contributed by atoms with Gasteiger partial charge in [-0.25, -0.2) is 4.79 Å². The Morgan fingerprint density at radius 1 is 1.47 bits per heavy atom. The van der Waals surface area contributed by atoms with E-state index in [9.17, 15) is 20.1 Å². The van der Waals surface area contributed by atoms with Crippen LogP contribution in [-0.4, -0.2) is 69.7 Å². The molecule has 0 aromatic carbocycles. The molecule has 0 bridgehead atoms. The van der Waals surface area contributed by atoms with Gasteiger partial charge in [-0.1, -0.05) is 0 Å². The summed E-state index contributed by atoms with van der Waals surface area (Å²) in [7, 11) is 0. The van der Waals surface area contributed by atoms with Crippen LogP contribution in [0.15, 0.2) is 0 Å². The van der Waals surface area contributed by atoms with E-state index in [2.05, 4.69) is 4.90 Å². The van der Waals surface area contributed by atoms with E-state index in [1.807, 2.05) is 0 Å². The highest BCUT2D eigenvalue weighted by Crippen LogP contribution is 2.33. The van der Waals surface area contributed by atoms with Crippen LogP contribution in [0.1, 0.15) is 26.7 Å². The Labute approximate surface area is 113 Å². The normalized spacial score (nSPS) is 35.7. The lowest BCUT2D eigenvalue weighted by atomic mass is 9.97. The highest BCUT2D eigenvalue weighted by atomic mass is 16.6. The van der Waals surface area contributed by atoms with Crippen molar-refractivity contribution in [3.05, 3.63) is 0 Å². The molecule has 0 aromatic rings. The van der Waals surface area contributed by atoms with Crippen molar-refractivity contribution in [3.8, 4) is 0 Å². The molecule has 0 aliphatic carbocycles. The Morgan fingerprint density at radius 2 is 2.11 bits per heavy atom. The molecule has 2 saturated heterocycles. The number of carbonyl (C=O) groups excluding carboxylic acids is 1. The van der Waals surface area contributed by atoms with Crippen molar-refractivity contribution in [2.45, 2.75) is 50.5 Å². The minimum absolute atomic E-state index is 0.0595. The largest absolute Gasteiger partial charge is 0.463 e. The van der Waals surface area contributed by atoms with Gasteiger partial charge < -0.3 is 20.1 Å². The van der Waals surface area contributed by atoms with E-state index in [1.54, 1.807) is 0 Å². The van der Waals surface area contributed by atoms with Gasteiger partial charge in [0, 0.05) is 18.5 Å². The summed E-state index contributed by atoms with van der Waals surface area (Å²) < 4.78 is 5.12. The zero-order valence-electron chi connectivity index (χ0n) is 11.5. The van der Waals surface area contributed by atoms with E-state index in [1.165, 1.54) is 13.8 Å². The molecule has 6 nitrogen and oxygen atoms in total. The summed E-state index contributed by atoms with van der Waals surface area (Å²) in [5.41, 5.74) is -1.88. The molecule has 2 fully saturated rings. The maximum atomic E-state index is 11.7. The summed E-state index contributed by atoms with van der Waals surface area (Å²) in [5.74, 6) is -0.709. The number of fused-ring (bicyclic) bond motifs is 1. The summed E-state index contributed by atoms with van der Waals surface area (Å²) in [6.45, 7) is 4.57. The van der Waals surface area contributed by atoms with Crippen LogP contribution in [0.25, 0.3) is 0 Å². The Bertz CT molecular complexity index is 344. The fraction of sp³-hybridized carbons (Fsp3) is 0.923. The van der Waals surface area contributed by atoms with Gasteiger partial charge in [-0.15, -0.1) is 0 Å². The van der Waals surface area contributed by atoms with Gasteiger partial charge in [0.05, 0.1) is 18.8 Å². The van der Waals surface area contributed by atoms with Gasteiger partial charge in [0.2, 0.25) is 0 Å². The smallest absolute Gasteiger partial charge is 0.340 e. The molecular weight excluding hydrogens is 250 g/mol. The quantitative estimate of drug-likeness (QED) is 0.576. The predicted molar refractivity (Wildman–Crippen MR) is 67.4 cm³/mol. The van der Waals surface area contributed by atoms with Gasteiger partial charge >= 0.3 is 5.97 Å². The molecule has 5 atom stereocenters. The molecule has 0 radical (unpaired) electrons. The molecule has 0 aromatic heterocycles. The summed E-state index contributed by atoms with van der Waals surface area (Å²) >= 11 is 0. The molecule has 19 heavy (non-hydrogen) atoms. The Kier molecular flexibility index (Phi) is 4.15. The van der Waals surface area contributed by atoms with Crippen molar-refractivity contribution in [2.75, 3.05) is 19.7 Å². The summed E-state index contributed by atoms with van der Waals surface area (Å²) in [5, 5.41) is 29.0. The van der Waals surface area contributed by atoms with Crippen LogP contribution in [0, 0.1) is 5.92 Å². The number of carbonyl (C=O) groups is 1.